The van der Waals surface area contributed by atoms with Crippen LogP contribution in [0.15, 0.2) is 36.9 Å². The Bertz CT molecular complexity index is 573. The summed E-state index contributed by atoms with van der Waals surface area (Å²) in [5, 5.41) is 14.8. The summed E-state index contributed by atoms with van der Waals surface area (Å²) in [6, 6.07) is 7.13. The van der Waals surface area contributed by atoms with Gasteiger partial charge in [0.15, 0.2) is 0 Å². The molecule has 1 saturated heterocycles. The highest BCUT2D eigenvalue weighted by molar-refractivity contribution is 5.51. The van der Waals surface area contributed by atoms with Crippen LogP contribution >= 0.6 is 0 Å². The number of hydrogen-bond donors (Lipinski definition) is 0. The van der Waals surface area contributed by atoms with Crippen LogP contribution in [0.4, 0.5) is 11.4 Å². The van der Waals surface area contributed by atoms with E-state index in [2.05, 4.69) is 15.0 Å². The van der Waals surface area contributed by atoms with Gasteiger partial charge in [-0.15, -0.1) is 0 Å². The van der Waals surface area contributed by atoms with Crippen molar-refractivity contribution in [3.05, 3.63) is 47.0 Å². The largest absolute Gasteiger partial charge is 0.371 e. The second kappa shape index (κ2) is 5.28. The molecule has 1 aliphatic heterocycles. The molecule has 1 aromatic carbocycles. The summed E-state index contributed by atoms with van der Waals surface area (Å²) < 4.78 is 1.91. The van der Waals surface area contributed by atoms with Crippen LogP contribution in [0.3, 0.4) is 0 Å². The molecule has 0 atom stereocenters. The Labute approximate surface area is 116 Å². The number of anilines is 1. The van der Waals surface area contributed by atoms with E-state index in [9.17, 15) is 10.1 Å². The average Bonchev–Trinajstić information content (AvgIpc) is 3.02. The van der Waals surface area contributed by atoms with Gasteiger partial charge in [0, 0.05) is 30.9 Å². The molecule has 2 heterocycles. The molecule has 0 radical (unpaired) electrons. The smallest absolute Gasteiger partial charge is 0.269 e. The summed E-state index contributed by atoms with van der Waals surface area (Å²) >= 11 is 0. The SMILES string of the molecule is O=[N+]([O-])c1ccc(N2CCC(n3cncn3)CC2)cc1. The summed E-state index contributed by atoms with van der Waals surface area (Å²) in [5.41, 5.74) is 1.17. The van der Waals surface area contributed by atoms with Crippen LogP contribution in [0.2, 0.25) is 0 Å². The zero-order chi connectivity index (χ0) is 13.9. The Balaban J connectivity index is 1.64. The highest BCUT2D eigenvalue weighted by Crippen LogP contribution is 2.26. The third-order valence-corrected chi connectivity index (χ3v) is 3.70. The van der Waals surface area contributed by atoms with Crippen molar-refractivity contribution in [1.29, 1.82) is 0 Å². The Morgan fingerprint density at radius 2 is 1.90 bits per heavy atom. The van der Waals surface area contributed by atoms with E-state index in [1.54, 1.807) is 24.8 Å². The fraction of sp³-hybridized carbons (Fsp3) is 0.385. The van der Waals surface area contributed by atoms with Gasteiger partial charge in [-0.25, -0.2) is 9.67 Å². The fourth-order valence-corrected chi connectivity index (χ4v) is 2.58. The number of aromatic nitrogens is 3. The van der Waals surface area contributed by atoms with Gasteiger partial charge in [-0.2, -0.15) is 5.10 Å². The van der Waals surface area contributed by atoms with Gasteiger partial charge in [-0.05, 0) is 25.0 Å². The summed E-state index contributed by atoms with van der Waals surface area (Å²) in [4.78, 5) is 16.5. The van der Waals surface area contributed by atoms with Crippen molar-refractivity contribution >= 4 is 11.4 Å². The maximum atomic E-state index is 10.6. The lowest BCUT2D eigenvalue weighted by Crippen LogP contribution is -2.34. The second-order valence-corrected chi connectivity index (χ2v) is 4.87. The van der Waals surface area contributed by atoms with Gasteiger partial charge in [-0.3, -0.25) is 10.1 Å². The number of nitrogens with zero attached hydrogens (tertiary/aromatic N) is 5. The van der Waals surface area contributed by atoms with E-state index in [1.807, 2.05) is 16.8 Å². The van der Waals surface area contributed by atoms with Gasteiger partial charge >= 0.3 is 0 Å². The average molecular weight is 273 g/mol. The first-order valence-corrected chi connectivity index (χ1v) is 6.57. The van der Waals surface area contributed by atoms with Crippen LogP contribution in [0.1, 0.15) is 18.9 Å². The standard InChI is InChI=1S/C13H15N5O2/c19-18(20)13-3-1-11(2-4-13)16-7-5-12(6-8-16)17-10-14-9-15-17/h1-4,9-10,12H,5-8H2. The molecule has 3 rings (SSSR count). The van der Waals surface area contributed by atoms with Crippen LogP contribution in [-0.4, -0.2) is 32.8 Å². The van der Waals surface area contributed by atoms with Gasteiger partial charge in [0.2, 0.25) is 0 Å². The van der Waals surface area contributed by atoms with Crippen LogP contribution in [-0.2, 0) is 0 Å². The van der Waals surface area contributed by atoms with Crippen molar-refractivity contribution in [2.45, 2.75) is 18.9 Å². The minimum Gasteiger partial charge on any atom is -0.371 e. The van der Waals surface area contributed by atoms with Crippen LogP contribution < -0.4 is 4.90 Å². The minimum absolute atomic E-state index is 0.131. The minimum atomic E-state index is -0.374. The van der Waals surface area contributed by atoms with Crippen molar-refractivity contribution in [2.75, 3.05) is 18.0 Å². The zero-order valence-corrected chi connectivity index (χ0v) is 10.9. The molecule has 1 aromatic heterocycles. The van der Waals surface area contributed by atoms with Gasteiger partial charge in [0.25, 0.3) is 5.69 Å². The molecule has 0 unspecified atom stereocenters. The van der Waals surface area contributed by atoms with Crippen molar-refractivity contribution in [2.24, 2.45) is 0 Å². The van der Waals surface area contributed by atoms with E-state index in [-0.39, 0.29) is 10.6 Å². The normalized spacial score (nSPS) is 16.3. The molecular weight excluding hydrogens is 258 g/mol. The van der Waals surface area contributed by atoms with Crippen molar-refractivity contribution < 1.29 is 4.92 Å². The van der Waals surface area contributed by atoms with Crippen LogP contribution in [0.5, 0.6) is 0 Å². The number of piperidine rings is 1. The van der Waals surface area contributed by atoms with Gasteiger partial charge in [0.1, 0.15) is 12.7 Å². The molecule has 0 saturated carbocycles. The molecular formula is C13H15N5O2. The highest BCUT2D eigenvalue weighted by Gasteiger charge is 2.21. The molecule has 104 valence electrons. The molecule has 0 aliphatic carbocycles. The molecule has 1 fully saturated rings. The third-order valence-electron chi connectivity index (χ3n) is 3.70. The summed E-state index contributed by atoms with van der Waals surface area (Å²) in [6.07, 6.45) is 5.32. The lowest BCUT2D eigenvalue weighted by molar-refractivity contribution is -0.384. The maximum Gasteiger partial charge on any atom is 0.269 e. The fourth-order valence-electron chi connectivity index (χ4n) is 2.58. The molecule has 0 amide bonds. The van der Waals surface area contributed by atoms with E-state index in [0.29, 0.717) is 6.04 Å². The lowest BCUT2D eigenvalue weighted by atomic mass is 10.0. The molecule has 1 aliphatic rings. The Morgan fingerprint density at radius 3 is 2.45 bits per heavy atom. The number of rotatable bonds is 3. The highest BCUT2D eigenvalue weighted by atomic mass is 16.6. The topological polar surface area (TPSA) is 77.1 Å². The molecule has 7 nitrogen and oxygen atoms in total. The predicted molar refractivity (Wildman–Crippen MR) is 73.6 cm³/mol. The lowest BCUT2D eigenvalue weighted by Gasteiger charge is -2.33. The number of benzene rings is 1. The first-order valence-electron chi connectivity index (χ1n) is 6.57. The number of nitro groups is 1. The first kappa shape index (κ1) is 12.6. The van der Waals surface area contributed by atoms with Gasteiger partial charge in [-0.1, -0.05) is 0 Å². The predicted octanol–water partition coefficient (Wildman–Crippen LogP) is 2.03. The Morgan fingerprint density at radius 1 is 1.20 bits per heavy atom. The van der Waals surface area contributed by atoms with Crippen LogP contribution in [0, 0.1) is 10.1 Å². The number of non-ortho nitro benzene ring substituents is 1. The van der Waals surface area contributed by atoms with E-state index < -0.39 is 0 Å². The summed E-state index contributed by atoms with van der Waals surface area (Å²) in [5.74, 6) is 0. The first-order chi connectivity index (χ1) is 9.74. The zero-order valence-electron chi connectivity index (χ0n) is 10.9. The van der Waals surface area contributed by atoms with Crippen molar-refractivity contribution in [3.63, 3.8) is 0 Å². The van der Waals surface area contributed by atoms with E-state index in [0.717, 1.165) is 31.6 Å². The van der Waals surface area contributed by atoms with E-state index >= 15 is 0 Å². The molecule has 7 heteroatoms. The number of hydrogen-bond acceptors (Lipinski definition) is 5. The molecule has 0 N–H and O–H groups in total. The Kier molecular flexibility index (Phi) is 3.32. The molecule has 0 spiro atoms. The summed E-state index contributed by atoms with van der Waals surface area (Å²) in [7, 11) is 0. The molecule has 0 bridgehead atoms. The molecule has 2 aromatic rings. The van der Waals surface area contributed by atoms with E-state index in [1.165, 1.54) is 0 Å². The van der Waals surface area contributed by atoms with Crippen molar-refractivity contribution in [3.8, 4) is 0 Å². The Hall–Kier alpha value is -2.44. The number of nitro benzene ring substituents is 1. The quantitative estimate of drug-likeness (QED) is 0.631. The maximum absolute atomic E-state index is 10.6. The third kappa shape index (κ3) is 2.47. The molecule has 20 heavy (non-hydrogen) atoms. The van der Waals surface area contributed by atoms with Crippen LogP contribution in [0.25, 0.3) is 0 Å². The van der Waals surface area contributed by atoms with Gasteiger partial charge < -0.3 is 4.90 Å². The van der Waals surface area contributed by atoms with Gasteiger partial charge in [0.05, 0.1) is 11.0 Å². The summed E-state index contributed by atoms with van der Waals surface area (Å²) in [6.45, 7) is 1.84. The van der Waals surface area contributed by atoms with E-state index in [4.69, 9.17) is 0 Å². The van der Waals surface area contributed by atoms with Crippen molar-refractivity contribution in [1.82, 2.24) is 14.8 Å². The second-order valence-electron chi connectivity index (χ2n) is 4.87. The monoisotopic (exact) mass is 273 g/mol.